The molecule has 2 aliphatic heterocycles. The van der Waals surface area contributed by atoms with Crippen LogP contribution in [0.3, 0.4) is 0 Å². The average molecular weight is 242 g/mol. The van der Waals surface area contributed by atoms with E-state index in [-0.39, 0.29) is 0 Å². The Morgan fingerprint density at radius 1 is 1.18 bits per heavy atom. The lowest BCUT2D eigenvalue weighted by Crippen LogP contribution is -2.40. The standard InChI is InChI=1S/C13H26N2O2/c1-2-15-6-3-12(4-7-15)9-14-10-13-5-8-16-11-17-13/h12-14H,2-11H2,1H3. The number of ether oxygens (including phenoxy) is 2. The highest BCUT2D eigenvalue weighted by molar-refractivity contribution is 4.74. The van der Waals surface area contributed by atoms with Gasteiger partial charge in [0.1, 0.15) is 6.79 Å². The topological polar surface area (TPSA) is 33.7 Å². The first kappa shape index (κ1) is 13.3. The summed E-state index contributed by atoms with van der Waals surface area (Å²) < 4.78 is 10.7. The summed E-state index contributed by atoms with van der Waals surface area (Å²) in [6.45, 7) is 9.46. The molecule has 2 saturated heterocycles. The SMILES string of the molecule is CCN1CCC(CNCC2CCOCO2)CC1. The number of hydrogen-bond acceptors (Lipinski definition) is 4. The van der Waals surface area contributed by atoms with Gasteiger partial charge < -0.3 is 19.7 Å². The van der Waals surface area contributed by atoms with Gasteiger partial charge in [-0.1, -0.05) is 6.92 Å². The van der Waals surface area contributed by atoms with E-state index >= 15 is 0 Å². The monoisotopic (exact) mass is 242 g/mol. The Morgan fingerprint density at radius 3 is 2.65 bits per heavy atom. The predicted molar refractivity (Wildman–Crippen MR) is 68.0 cm³/mol. The molecule has 17 heavy (non-hydrogen) atoms. The van der Waals surface area contributed by atoms with Crippen LogP contribution in [0.4, 0.5) is 0 Å². The first-order valence-corrected chi connectivity index (χ1v) is 7.01. The lowest BCUT2D eigenvalue weighted by atomic mass is 9.97. The molecule has 0 bridgehead atoms. The van der Waals surface area contributed by atoms with Crippen LogP contribution in [0, 0.1) is 5.92 Å². The largest absolute Gasteiger partial charge is 0.355 e. The third-order valence-corrected chi connectivity index (χ3v) is 3.93. The first-order chi connectivity index (χ1) is 8.38. The number of nitrogens with one attached hydrogen (secondary N) is 1. The highest BCUT2D eigenvalue weighted by atomic mass is 16.7. The van der Waals surface area contributed by atoms with Crippen molar-refractivity contribution in [3.63, 3.8) is 0 Å². The van der Waals surface area contributed by atoms with E-state index in [1.807, 2.05) is 0 Å². The summed E-state index contributed by atoms with van der Waals surface area (Å²) in [5, 5.41) is 3.56. The maximum absolute atomic E-state index is 5.51. The fraction of sp³-hybridized carbons (Fsp3) is 1.00. The molecule has 4 heteroatoms. The Bertz CT molecular complexity index is 200. The second kappa shape index (κ2) is 7.31. The fourth-order valence-electron chi connectivity index (χ4n) is 2.62. The molecule has 2 rings (SSSR count). The van der Waals surface area contributed by atoms with Gasteiger partial charge in [-0.2, -0.15) is 0 Å². The quantitative estimate of drug-likeness (QED) is 0.782. The van der Waals surface area contributed by atoms with Crippen molar-refractivity contribution in [3.05, 3.63) is 0 Å². The molecule has 0 spiro atoms. The van der Waals surface area contributed by atoms with Crippen LogP contribution >= 0.6 is 0 Å². The van der Waals surface area contributed by atoms with Crippen molar-refractivity contribution >= 4 is 0 Å². The number of piperidine rings is 1. The molecule has 1 unspecified atom stereocenters. The van der Waals surface area contributed by atoms with Crippen LogP contribution in [-0.4, -0.2) is 57.1 Å². The lowest BCUT2D eigenvalue weighted by Gasteiger charge is -2.31. The van der Waals surface area contributed by atoms with Crippen molar-refractivity contribution in [2.75, 3.05) is 46.1 Å². The van der Waals surface area contributed by atoms with Gasteiger partial charge in [0.15, 0.2) is 0 Å². The van der Waals surface area contributed by atoms with Crippen molar-refractivity contribution in [3.8, 4) is 0 Å². The Morgan fingerprint density at radius 2 is 2.00 bits per heavy atom. The van der Waals surface area contributed by atoms with E-state index in [0.29, 0.717) is 12.9 Å². The van der Waals surface area contributed by atoms with Crippen LogP contribution in [0.2, 0.25) is 0 Å². The van der Waals surface area contributed by atoms with E-state index in [1.54, 1.807) is 0 Å². The highest BCUT2D eigenvalue weighted by Gasteiger charge is 2.19. The maximum Gasteiger partial charge on any atom is 0.147 e. The van der Waals surface area contributed by atoms with Crippen LogP contribution in [0.5, 0.6) is 0 Å². The molecular formula is C13H26N2O2. The van der Waals surface area contributed by atoms with E-state index in [9.17, 15) is 0 Å². The molecule has 100 valence electrons. The molecular weight excluding hydrogens is 216 g/mol. The zero-order valence-electron chi connectivity index (χ0n) is 11.0. The third-order valence-electron chi connectivity index (χ3n) is 3.93. The van der Waals surface area contributed by atoms with Gasteiger partial charge in [-0.15, -0.1) is 0 Å². The first-order valence-electron chi connectivity index (χ1n) is 7.01. The normalized spacial score (nSPS) is 28.4. The second-order valence-corrected chi connectivity index (χ2v) is 5.14. The number of rotatable bonds is 5. The maximum atomic E-state index is 5.51. The fourth-order valence-corrected chi connectivity index (χ4v) is 2.62. The molecule has 1 atom stereocenters. The summed E-state index contributed by atoms with van der Waals surface area (Å²) in [7, 11) is 0. The van der Waals surface area contributed by atoms with Crippen molar-refractivity contribution in [1.29, 1.82) is 0 Å². The van der Waals surface area contributed by atoms with E-state index in [2.05, 4.69) is 17.1 Å². The molecule has 0 saturated carbocycles. The van der Waals surface area contributed by atoms with Gasteiger partial charge in [0.25, 0.3) is 0 Å². The van der Waals surface area contributed by atoms with Crippen LogP contribution in [0.15, 0.2) is 0 Å². The number of likely N-dealkylation sites (tertiary alicyclic amines) is 1. The highest BCUT2D eigenvalue weighted by Crippen LogP contribution is 2.16. The van der Waals surface area contributed by atoms with Crippen LogP contribution < -0.4 is 5.32 Å². The molecule has 1 N–H and O–H groups in total. The summed E-state index contributed by atoms with van der Waals surface area (Å²) in [5.74, 6) is 0.859. The summed E-state index contributed by atoms with van der Waals surface area (Å²) in [6, 6.07) is 0. The van der Waals surface area contributed by atoms with Gasteiger partial charge in [0.05, 0.1) is 12.7 Å². The average Bonchev–Trinajstić information content (AvgIpc) is 2.41. The molecule has 0 aliphatic carbocycles. The van der Waals surface area contributed by atoms with E-state index in [0.717, 1.165) is 32.0 Å². The van der Waals surface area contributed by atoms with E-state index in [4.69, 9.17) is 9.47 Å². The van der Waals surface area contributed by atoms with Gasteiger partial charge in [0, 0.05) is 6.54 Å². The van der Waals surface area contributed by atoms with Crippen LogP contribution in [0.1, 0.15) is 26.2 Å². The summed E-state index contributed by atoms with van der Waals surface area (Å²) in [6.07, 6.45) is 4.08. The Labute approximate surface area is 105 Å². The minimum Gasteiger partial charge on any atom is -0.355 e. The van der Waals surface area contributed by atoms with Crippen molar-refractivity contribution in [2.45, 2.75) is 32.3 Å². The summed E-state index contributed by atoms with van der Waals surface area (Å²) in [4.78, 5) is 2.54. The second-order valence-electron chi connectivity index (χ2n) is 5.14. The van der Waals surface area contributed by atoms with Gasteiger partial charge in [-0.05, 0) is 51.4 Å². The minimum atomic E-state index is 0.361. The number of hydrogen-bond donors (Lipinski definition) is 1. The third kappa shape index (κ3) is 4.54. The molecule has 2 heterocycles. The van der Waals surface area contributed by atoms with Crippen molar-refractivity contribution in [2.24, 2.45) is 5.92 Å². The Kier molecular flexibility index (Phi) is 5.71. The van der Waals surface area contributed by atoms with Crippen LogP contribution in [0.25, 0.3) is 0 Å². The molecule has 4 nitrogen and oxygen atoms in total. The zero-order valence-corrected chi connectivity index (χ0v) is 11.0. The molecule has 0 aromatic carbocycles. The van der Waals surface area contributed by atoms with Crippen molar-refractivity contribution < 1.29 is 9.47 Å². The van der Waals surface area contributed by atoms with E-state index in [1.165, 1.54) is 32.5 Å². The molecule has 2 aliphatic rings. The Balaban J connectivity index is 1.53. The summed E-state index contributed by atoms with van der Waals surface area (Å²) >= 11 is 0. The molecule has 2 fully saturated rings. The number of nitrogens with zero attached hydrogens (tertiary/aromatic N) is 1. The zero-order chi connectivity index (χ0) is 11.9. The lowest BCUT2D eigenvalue weighted by molar-refractivity contribution is -0.137. The molecule has 0 amide bonds. The van der Waals surface area contributed by atoms with Crippen molar-refractivity contribution in [1.82, 2.24) is 10.2 Å². The van der Waals surface area contributed by atoms with Crippen LogP contribution in [-0.2, 0) is 9.47 Å². The predicted octanol–water partition coefficient (Wildman–Crippen LogP) is 1.07. The van der Waals surface area contributed by atoms with Gasteiger partial charge >= 0.3 is 0 Å². The molecule has 0 radical (unpaired) electrons. The Hall–Kier alpha value is -0.160. The smallest absolute Gasteiger partial charge is 0.147 e. The van der Waals surface area contributed by atoms with Gasteiger partial charge in [-0.3, -0.25) is 0 Å². The van der Waals surface area contributed by atoms with E-state index < -0.39 is 0 Å². The summed E-state index contributed by atoms with van der Waals surface area (Å²) in [5.41, 5.74) is 0. The molecule has 0 aromatic rings. The molecule has 0 aromatic heterocycles. The van der Waals surface area contributed by atoms with Gasteiger partial charge in [-0.25, -0.2) is 0 Å². The minimum absolute atomic E-state index is 0.361. The van der Waals surface area contributed by atoms with Gasteiger partial charge in [0.2, 0.25) is 0 Å².